The van der Waals surface area contributed by atoms with Crippen LogP contribution < -0.4 is 0 Å². The van der Waals surface area contributed by atoms with Crippen molar-refractivity contribution in [1.82, 2.24) is 19.9 Å². The van der Waals surface area contributed by atoms with Crippen molar-refractivity contribution in [3.8, 4) is 67.9 Å². The van der Waals surface area contributed by atoms with Crippen LogP contribution in [0.2, 0.25) is 0 Å². The Morgan fingerprint density at radius 3 is 1.84 bits per heavy atom. The molecule has 0 atom stereocenters. The molecule has 1 aliphatic rings. The Labute approximate surface area is 316 Å². The van der Waals surface area contributed by atoms with Crippen LogP contribution in [0.3, 0.4) is 0 Å². The van der Waals surface area contributed by atoms with Gasteiger partial charge >= 0.3 is 0 Å². The van der Waals surface area contributed by atoms with Crippen molar-refractivity contribution >= 4 is 33.0 Å². The van der Waals surface area contributed by atoms with Crippen LogP contribution in [-0.4, -0.2) is 19.9 Å². The fourth-order valence-electron chi connectivity index (χ4n) is 8.17. The summed E-state index contributed by atoms with van der Waals surface area (Å²) in [6.45, 7) is 4.58. The minimum Gasteiger partial charge on any atom is -0.455 e. The molecule has 0 aliphatic heterocycles. The lowest BCUT2D eigenvalue weighted by atomic mass is 9.81. The number of benzene rings is 7. The molecule has 1 aliphatic carbocycles. The number of oxazole rings is 1. The van der Waals surface area contributed by atoms with E-state index in [9.17, 15) is 0 Å². The second-order valence-corrected chi connectivity index (χ2v) is 14.6. The third-order valence-electron chi connectivity index (χ3n) is 11.0. The van der Waals surface area contributed by atoms with Gasteiger partial charge in [0.2, 0.25) is 5.89 Å². The molecule has 0 fully saturated rings. The topological polar surface area (TPSA) is 77.8 Å². The molecule has 7 aromatic carbocycles. The molecule has 6 nitrogen and oxygen atoms in total. The van der Waals surface area contributed by atoms with Crippen LogP contribution in [0.25, 0.3) is 101 Å². The summed E-state index contributed by atoms with van der Waals surface area (Å²) in [6.07, 6.45) is 0. The molecule has 260 valence electrons. The van der Waals surface area contributed by atoms with Crippen molar-refractivity contribution in [3.63, 3.8) is 0 Å². The highest BCUT2D eigenvalue weighted by Gasteiger charge is 2.38. The van der Waals surface area contributed by atoms with Crippen LogP contribution in [-0.2, 0) is 5.41 Å². The summed E-state index contributed by atoms with van der Waals surface area (Å²) in [5, 5.41) is 2.10. The zero-order chi connectivity index (χ0) is 36.7. The smallest absolute Gasteiger partial charge is 0.227 e. The van der Waals surface area contributed by atoms with Crippen LogP contribution >= 0.6 is 0 Å². The van der Waals surface area contributed by atoms with Crippen LogP contribution in [0.15, 0.2) is 167 Å². The van der Waals surface area contributed by atoms with Crippen LogP contribution in [0.5, 0.6) is 0 Å². The minimum atomic E-state index is -0.216. The lowest BCUT2D eigenvalue weighted by Crippen LogP contribution is -2.14. The van der Waals surface area contributed by atoms with Crippen LogP contribution in [0, 0.1) is 0 Å². The SMILES string of the molecule is CC1(C)c2cc(-c3ccc(-c4nc(-c5ccccc5)nc(-c5cccc6c5oc5ccccc56)n4)cc3)ccc2-c2c1ccc1nc(-c3ccccc3)oc21. The van der Waals surface area contributed by atoms with E-state index in [0.717, 1.165) is 72.0 Å². The van der Waals surface area contributed by atoms with Gasteiger partial charge in [0, 0.05) is 38.4 Å². The van der Waals surface area contributed by atoms with Crippen molar-refractivity contribution < 1.29 is 8.83 Å². The van der Waals surface area contributed by atoms with Gasteiger partial charge in [-0.1, -0.05) is 135 Å². The fraction of sp³-hybridized carbons (Fsp3) is 0.0612. The predicted molar refractivity (Wildman–Crippen MR) is 219 cm³/mol. The molecule has 10 aromatic rings. The molecule has 0 N–H and O–H groups in total. The van der Waals surface area contributed by atoms with Gasteiger partial charge in [0.05, 0.1) is 5.56 Å². The van der Waals surface area contributed by atoms with E-state index in [1.54, 1.807) is 0 Å². The van der Waals surface area contributed by atoms with Gasteiger partial charge < -0.3 is 8.83 Å². The van der Waals surface area contributed by atoms with Gasteiger partial charge in [-0.2, -0.15) is 0 Å². The van der Waals surface area contributed by atoms with Gasteiger partial charge in [0.15, 0.2) is 23.1 Å². The highest BCUT2D eigenvalue weighted by molar-refractivity contribution is 6.09. The van der Waals surface area contributed by atoms with Gasteiger partial charge in [0.1, 0.15) is 16.7 Å². The van der Waals surface area contributed by atoms with E-state index in [2.05, 4.69) is 80.6 Å². The van der Waals surface area contributed by atoms with Crippen molar-refractivity contribution in [2.24, 2.45) is 0 Å². The molecule has 0 amide bonds. The summed E-state index contributed by atoms with van der Waals surface area (Å²) < 4.78 is 12.9. The number of hydrogen-bond donors (Lipinski definition) is 0. The highest BCUT2D eigenvalue weighted by Crippen LogP contribution is 2.52. The maximum atomic E-state index is 6.49. The lowest BCUT2D eigenvalue weighted by molar-refractivity contribution is 0.618. The van der Waals surface area contributed by atoms with E-state index in [1.807, 2.05) is 91.0 Å². The number of rotatable bonds is 5. The molecule has 3 aromatic heterocycles. The number of furan rings is 1. The largest absolute Gasteiger partial charge is 0.455 e. The summed E-state index contributed by atoms with van der Waals surface area (Å²) in [7, 11) is 0. The average molecular weight is 709 g/mol. The van der Waals surface area contributed by atoms with E-state index in [1.165, 1.54) is 16.7 Å². The quantitative estimate of drug-likeness (QED) is 0.177. The molecule has 0 unspecified atom stereocenters. The van der Waals surface area contributed by atoms with Crippen molar-refractivity contribution in [3.05, 3.63) is 169 Å². The summed E-state index contributed by atoms with van der Waals surface area (Å²) >= 11 is 0. The first-order valence-corrected chi connectivity index (χ1v) is 18.5. The van der Waals surface area contributed by atoms with E-state index >= 15 is 0 Å². The maximum Gasteiger partial charge on any atom is 0.227 e. The Bertz CT molecular complexity index is 3110. The van der Waals surface area contributed by atoms with Crippen molar-refractivity contribution in [1.29, 1.82) is 0 Å². The van der Waals surface area contributed by atoms with Crippen molar-refractivity contribution in [2.75, 3.05) is 0 Å². The zero-order valence-corrected chi connectivity index (χ0v) is 30.1. The van der Waals surface area contributed by atoms with E-state index in [-0.39, 0.29) is 5.41 Å². The molecular formula is C49H32N4O2. The van der Waals surface area contributed by atoms with E-state index in [0.29, 0.717) is 23.4 Å². The first-order chi connectivity index (χ1) is 27.0. The minimum absolute atomic E-state index is 0.216. The Morgan fingerprint density at radius 2 is 1.05 bits per heavy atom. The molecule has 0 saturated carbocycles. The second-order valence-electron chi connectivity index (χ2n) is 14.6. The standard InChI is InChI=1S/C49H32N4O2/c1-49(2)38-26-27-40-44(55-48(50-40)32-14-7-4-8-15-32)42(38)36-25-24-33(28-39(36)49)29-20-22-31(23-21-29)46-51-45(30-12-5-3-6-13-30)52-47(53-46)37-18-11-17-35-34-16-9-10-19-41(34)54-43(35)37/h3-28H,1-2H3. The van der Waals surface area contributed by atoms with Gasteiger partial charge in [-0.3, -0.25) is 0 Å². The number of para-hydroxylation sites is 2. The monoisotopic (exact) mass is 708 g/mol. The molecule has 11 rings (SSSR count). The Hall–Kier alpha value is -7.18. The van der Waals surface area contributed by atoms with Gasteiger partial charge in [-0.25, -0.2) is 19.9 Å². The third-order valence-corrected chi connectivity index (χ3v) is 11.0. The number of aromatic nitrogens is 4. The Balaban J connectivity index is 0.985. The molecule has 3 heterocycles. The van der Waals surface area contributed by atoms with E-state index in [4.69, 9.17) is 28.8 Å². The summed E-state index contributed by atoms with van der Waals surface area (Å²) in [5.41, 5.74) is 13.8. The maximum absolute atomic E-state index is 6.49. The molecule has 0 bridgehead atoms. The molecule has 0 radical (unpaired) electrons. The number of fused-ring (bicyclic) bond motifs is 8. The average Bonchev–Trinajstić information content (AvgIpc) is 3.92. The Morgan fingerprint density at radius 1 is 0.418 bits per heavy atom. The molecule has 55 heavy (non-hydrogen) atoms. The molecule has 6 heteroatoms. The molecule has 0 saturated heterocycles. The van der Waals surface area contributed by atoms with Gasteiger partial charge in [-0.15, -0.1) is 0 Å². The first-order valence-electron chi connectivity index (χ1n) is 18.5. The van der Waals surface area contributed by atoms with Gasteiger partial charge in [-0.05, 0) is 64.2 Å². The fourth-order valence-corrected chi connectivity index (χ4v) is 8.17. The van der Waals surface area contributed by atoms with E-state index < -0.39 is 0 Å². The van der Waals surface area contributed by atoms with Crippen LogP contribution in [0.1, 0.15) is 25.0 Å². The Kier molecular flexibility index (Phi) is 6.79. The summed E-state index contributed by atoms with van der Waals surface area (Å²) in [5.74, 6) is 2.41. The second kappa shape index (κ2) is 11.9. The predicted octanol–water partition coefficient (Wildman–Crippen LogP) is 12.6. The zero-order valence-electron chi connectivity index (χ0n) is 30.1. The lowest BCUT2D eigenvalue weighted by Gasteiger charge is -2.22. The summed E-state index contributed by atoms with van der Waals surface area (Å²) in [4.78, 5) is 19.9. The van der Waals surface area contributed by atoms with Crippen LogP contribution in [0.4, 0.5) is 0 Å². The molecular weight excluding hydrogens is 677 g/mol. The highest BCUT2D eigenvalue weighted by atomic mass is 16.3. The normalized spacial score (nSPS) is 13.1. The van der Waals surface area contributed by atoms with Crippen molar-refractivity contribution in [2.45, 2.75) is 19.3 Å². The number of hydrogen-bond acceptors (Lipinski definition) is 6. The third kappa shape index (κ3) is 4.95. The van der Waals surface area contributed by atoms with Gasteiger partial charge in [0.25, 0.3) is 0 Å². The summed E-state index contributed by atoms with van der Waals surface area (Å²) in [6, 6.07) is 53.9. The molecule has 0 spiro atoms. The number of nitrogens with zero attached hydrogens (tertiary/aromatic N) is 4. The first kappa shape index (κ1) is 31.4.